The molecule has 0 aliphatic carbocycles. The number of amides is 1. The van der Waals surface area contributed by atoms with Crippen LogP contribution in [0.15, 0.2) is 0 Å². The van der Waals surface area contributed by atoms with E-state index in [2.05, 4.69) is 12.2 Å². The van der Waals surface area contributed by atoms with Gasteiger partial charge in [0.15, 0.2) is 0 Å². The van der Waals surface area contributed by atoms with E-state index in [1.54, 1.807) is 11.8 Å². The number of aldehydes is 1. The lowest BCUT2D eigenvalue weighted by molar-refractivity contribution is -0.138. The van der Waals surface area contributed by atoms with Crippen LogP contribution in [0.25, 0.3) is 0 Å². The van der Waals surface area contributed by atoms with Crippen LogP contribution >= 0.6 is 23.4 Å². The van der Waals surface area contributed by atoms with E-state index < -0.39 is 18.1 Å². The normalized spacial score (nSPS) is 11.1. The number of thioether (sulfide) groups is 1. The lowest BCUT2D eigenvalue weighted by atomic mass is 10.1. The van der Waals surface area contributed by atoms with Crippen molar-refractivity contribution < 1.29 is 24.2 Å². The number of nitrogens with one attached hydrogen (secondary N) is 1. The van der Waals surface area contributed by atoms with Crippen LogP contribution in [0, 0.1) is 0 Å². The van der Waals surface area contributed by atoms with Gasteiger partial charge in [-0.05, 0) is 18.6 Å². The van der Waals surface area contributed by atoms with E-state index in [0.29, 0.717) is 18.6 Å². The molecular weight excluding hydrogens is 414 g/mol. The Morgan fingerprint density at radius 1 is 1.00 bits per heavy atom. The first-order valence-electron chi connectivity index (χ1n) is 10.8. The number of aliphatic carboxylic acids is 1. The Hall–Kier alpha value is -0.950. The van der Waals surface area contributed by atoms with Crippen molar-refractivity contribution in [3.8, 4) is 0 Å². The highest BCUT2D eigenvalue weighted by Gasteiger charge is 2.20. The molecule has 0 saturated heterocycles. The molecule has 0 bridgehead atoms. The third kappa shape index (κ3) is 25.0. The highest BCUT2D eigenvalue weighted by molar-refractivity contribution is 7.99. The zero-order valence-corrected chi connectivity index (χ0v) is 19.7. The second-order valence-corrected chi connectivity index (χ2v) is 8.21. The van der Waals surface area contributed by atoms with Gasteiger partial charge in [0, 0.05) is 5.75 Å². The van der Waals surface area contributed by atoms with Gasteiger partial charge in [-0.3, -0.25) is 0 Å². The van der Waals surface area contributed by atoms with Crippen LogP contribution in [-0.4, -0.2) is 53.5 Å². The van der Waals surface area contributed by atoms with Crippen molar-refractivity contribution in [3.05, 3.63) is 0 Å². The van der Waals surface area contributed by atoms with Gasteiger partial charge in [-0.2, -0.15) is 11.8 Å². The number of carbonyl (C=O) groups excluding carboxylic acids is 2. The molecule has 0 fully saturated rings. The summed E-state index contributed by atoms with van der Waals surface area (Å²) in [5.74, 6) is 0.420. The van der Waals surface area contributed by atoms with Crippen LogP contribution < -0.4 is 5.32 Å². The van der Waals surface area contributed by atoms with E-state index in [4.69, 9.17) is 26.2 Å². The fourth-order valence-corrected chi connectivity index (χ4v) is 3.48. The van der Waals surface area contributed by atoms with Crippen molar-refractivity contribution in [1.29, 1.82) is 0 Å². The van der Waals surface area contributed by atoms with Crippen LogP contribution in [0.1, 0.15) is 84.5 Å². The molecule has 29 heavy (non-hydrogen) atoms. The van der Waals surface area contributed by atoms with E-state index in [1.807, 2.05) is 6.92 Å². The number of carboxylic acids is 1. The van der Waals surface area contributed by atoms with Crippen molar-refractivity contribution in [2.45, 2.75) is 90.5 Å². The molecule has 6 nitrogen and oxygen atoms in total. The molecule has 0 rings (SSSR count). The lowest BCUT2D eigenvalue weighted by Crippen LogP contribution is -2.43. The summed E-state index contributed by atoms with van der Waals surface area (Å²) in [5, 5.41) is 11.6. The number of alkyl carbamates (subject to hydrolysis) is 1. The minimum Gasteiger partial charge on any atom is -0.480 e. The molecule has 1 atom stereocenters. The fourth-order valence-electron chi connectivity index (χ4n) is 2.45. The minimum absolute atomic E-state index is 0.111. The van der Waals surface area contributed by atoms with Gasteiger partial charge in [0.05, 0.1) is 12.5 Å². The molecular formula is C21H40ClNO5S. The van der Waals surface area contributed by atoms with E-state index in [-0.39, 0.29) is 5.88 Å². The van der Waals surface area contributed by atoms with Crippen LogP contribution in [0.5, 0.6) is 0 Å². The average molecular weight is 454 g/mol. The quantitative estimate of drug-likeness (QED) is 0.158. The van der Waals surface area contributed by atoms with E-state index >= 15 is 0 Å². The third-order valence-electron chi connectivity index (χ3n) is 4.02. The second kappa shape index (κ2) is 25.1. The Labute approximate surface area is 185 Å². The van der Waals surface area contributed by atoms with Crippen molar-refractivity contribution in [3.63, 3.8) is 0 Å². The highest BCUT2D eigenvalue weighted by atomic mass is 35.5. The van der Waals surface area contributed by atoms with Crippen LogP contribution in [0.3, 0.4) is 0 Å². The summed E-state index contributed by atoms with van der Waals surface area (Å²) in [6.07, 6.45) is 13.7. The second-order valence-electron chi connectivity index (χ2n) is 6.75. The maximum atomic E-state index is 11.4. The minimum atomic E-state index is -1.01. The molecule has 172 valence electrons. The summed E-state index contributed by atoms with van der Waals surface area (Å²) in [6, 6.07) is -0.877. The Balaban J connectivity index is 0. The number of hydrogen-bond donors (Lipinski definition) is 2. The predicted octanol–water partition coefficient (Wildman–Crippen LogP) is 5.65. The molecule has 0 aliphatic heterocycles. The smallest absolute Gasteiger partial charge is 0.407 e. The standard InChI is InChI=1S/C19H37NO4S.C2H3ClO/c1-3-5-6-7-8-9-10-11-12-13-15-25-16-17(18(21)22)20-19(23)24-14-4-2;3-1-2-4/h17H,3-16H2,1-2H3,(H,20,23)(H,21,22);2H,1H2. The average Bonchev–Trinajstić information content (AvgIpc) is 2.72. The number of alkyl halides is 1. The Morgan fingerprint density at radius 3 is 1.97 bits per heavy atom. The summed E-state index contributed by atoms with van der Waals surface area (Å²) in [5.41, 5.74) is 0. The molecule has 1 amide bonds. The van der Waals surface area contributed by atoms with E-state index in [1.165, 1.54) is 57.8 Å². The van der Waals surface area contributed by atoms with Gasteiger partial charge in [-0.1, -0.05) is 71.6 Å². The van der Waals surface area contributed by atoms with Gasteiger partial charge in [0.2, 0.25) is 0 Å². The Kier molecular flexibility index (Phi) is 26.2. The zero-order valence-electron chi connectivity index (χ0n) is 18.1. The Morgan fingerprint density at radius 2 is 1.52 bits per heavy atom. The van der Waals surface area contributed by atoms with Crippen LogP contribution in [-0.2, 0) is 14.3 Å². The molecule has 0 aromatic heterocycles. The van der Waals surface area contributed by atoms with Gasteiger partial charge in [0.1, 0.15) is 12.3 Å². The fraction of sp³-hybridized carbons (Fsp3) is 0.857. The van der Waals surface area contributed by atoms with Crippen molar-refractivity contribution >= 4 is 41.7 Å². The van der Waals surface area contributed by atoms with Gasteiger partial charge >= 0.3 is 12.1 Å². The predicted molar refractivity (Wildman–Crippen MR) is 122 cm³/mol. The molecule has 0 aromatic rings. The number of halogens is 1. The SMILES string of the molecule is CCCCCCCCCCCCSCC(NC(=O)OCCC)C(=O)O.O=CCCl. The topological polar surface area (TPSA) is 92.7 Å². The summed E-state index contributed by atoms with van der Waals surface area (Å²) < 4.78 is 4.86. The van der Waals surface area contributed by atoms with Gasteiger partial charge in [-0.15, -0.1) is 11.6 Å². The summed E-state index contributed by atoms with van der Waals surface area (Å²) in [6.45, 7) is 4.44. The largest absolute Gasteiger partial charge is 0.480 e. The molecule has 0 radical (unpaired) electrons. The molecule has 8 heteroatoms. The van der Waals surface area contributed by atoms with Crippen molar-refractivity contribution in [1.82, 2.24) is 5.32 Å². The molecule has 0 spiro atoms. The van der Waals surface area contributed by atoms with Gasteiger partial charge in [-0.25, -0.2) is 9.59 Å². The van der Waals surface area contributed by atoms with Crippen LogP contribution in [0.4, 0.5) is 4.79 Å². The number of hydrogen-bond acceptors (Lipinski definition) is 5. The number of rotatable bonds is 18. The molecule has 0 aliphatic rings. The first-order chi connectivity index (χ1) is 14.0. The Bertz CT molecular complexity index is 399. The maximum Gasteiger partial charge on any atom is 0.407 e. The molecule has 1 unspecified atom stereocenters. The lowest BCUT2D eigenvalue weighted by Gasteiger charge is -2.14. The summed E-state index contributed by atoms with van der Waals surface area (Å²) >= 11 is 6.40. The zero-order chi connectivity index (χ0) is 22.2. The number of carbonyl (C=O) groups is 3. The van der Waals surface area contributed by atoms with Crippen molar-refractivity contribution in [2.75, 3.05) is 24.0 Å². The molecule has 2 N–H and O–H groups in total. The first-order valence-corrected chi connectivity index (χ1v) is 12.5. The number of ether oxygens (including phenoxy) is 1. The molecule has 0 heterocycles. The van der Waals surface area contributed by atoms with Crippen molar-refractivity contribution in [2.24, 2.45) is 0 Å². The van der Waals surface area contributed by atoms with E-state index in [0.717, 1.165) is 18.6 Å². The number of carboxylic acid groups (broad SMARTS) is 1. The third-order valence-corrected chi connectivity index (χ3v) is 5.29. The highest BCUT2D eigenvalue weighted by Crippen LogP contribution is 2.13. The maximum absolute atomic E-state index is 11.4. The molecule has 0 saturated carbocycles. The van der Waals surface area contributed by atoms with E-state index in [9.17, 15) is 9.59 Å². The molecule has 0 aromatic carbocycles. The number of unbranched alkanes of at least 4 members (excludes halogenated alkanes) is 9. The summed E-state index contributed by atoms with van der Waals surface area (Å²) in [4.78, 5) is 31.6. The van der Waals surface area contributed by atoms with Gasteiger partial charge < -0.3 is 20.0 Å². The van der Waals surface area contributed by atoms with Gasteiger partial charge in [0.25, 0.3) is 0 Å². The summed E-state index contributed by atoms with van der Waals surface area (Å²) in [7, 11) is 0. The first kappa shape index (κ1) is 30.2. The van der Waals surface area contributed by atoms with Crippen LogP contribution in [0.2, 0.25) is 0 Å². The monoisotopic (exact) mass is 453 g/mol.